The Balaban J connectivity index is 1.78. The lowest BCUT2D eigenvalue weighted by molar-refractivity contribution is -0.120. The van der Waals surface area contributed by atoms with E-state index in [2.05, 4.69) is 11.8 Å². The lowest BCUT2D eigenvalue weighted by Crippen LogP contribution is -2.38. The molecule has 5 nitrogen and oxygen atoms in total. The Labute approximate surface area is 175 Å². The lowest BCUT2D eigenvalue weighted by Gasteiger charge is -2.32. The Hall–Kier alpha value is -2.79. The van der Waals surface area contributed by atoms with Crippen LogP contribution >= 0.6 is 11.6 Å². The van der Waals surface area contributed by atoms with Crippen molar-refractivity contribution in [2.45, 2.75) is 19.8 Å². The third-order valence-corrected chi connectivity index (χ3v) is 5.87. The van der Waals surface area contributed by atoms with Gasteiger partial charge in [0, 0.05) is 18.1 Å². The number of hydrogen-bond acceptors (Lipinski definition) is 4. The number of likely N-dealkylation sites (tertiary alicyclic amines) is 1. The molecule has 0 aromatic heterocycles. The first-order chi connectivity index (χ1) is 14.0. The molecule has 1 fully saturated rings. The Morgan fingerprint density at radius 2 is 1.55 bits per heavy atom. The van der Waals surface area contributed by atoms with Gasteiger partial charge in [0.05, 0.1) is 18.4 Å². The van der Waals surface area contributed by atoms with Crippen molar-refractivity contribution >= 4 is 34.7 Å². The van der Waals surface area contributed by atoms with Crippen molar-refractivity contribution in [3.63, 3.8) is 0 Å². The SMILES string of the molecule is COc1ccc(C2=C(N3CCC(C)CC3)C(=O)N(c3ccc(Cl)cc3)C2=O)cc1. The molecule has 0 saturated carbocycles. The average Bonchev–Trinajstić information content (AvgIpc) is 3.00. The molecule has 0 radical (unpaired) electrons. The topological polar surface area (TPSA) is 49.9 Å². The minimum Gasteiger partial charge on any atom is -0.497 e. The molecule has 0 bridgehead atoms. The summed E-state index contributed by atoms with van der Waals surface area (Å²) in [5.41, 5.74) is 2.18. The van der Waals surface area contributed by atoms with Gasteiger partial charge in [-0.05, 0) is 60.7 Å². The summed E-state index contributed by atoms with van der Waals surface area (Å²) < 4.78 is 5.24. The van der Waals surface area contributed by atoms with Crippen LogP contribution in [0.15, 0.2) is 54.2 Å². The first kappa shape index (κ1) is 19.5. The number of carbonyl (C=O) groups excluding carboxylic acids is 2. The van der Waals surface area contributed by atoms with E-state index in [9.17, 15) is 9.59 Å². The van der Waals surface area contributed by atoms with Crippen LogP contribution in [0, 0.1) is 5.92 Å². The predicted octanol–water partition coefficient (Wildman–Crippen LogP) is 4.37. The summed E-state index contributed by atoms with van der Waals surface area (Å²) in [5.74, 6) is 0.735. The Bertz CT molecular complexity index is 959. The molecule has 2 aromatic rings. The molecule has 2 aliphatic heterocycles. The molecule has 0 N–H and O–H groups in total. The highest BCUT2D eigenvalue weighted by Gasteiger charge is 2.42. The number of methoxy groups -OCH3 is 1. The number of halogens is 1. The normalized spacial score (nSPS) is 18.0. The monoisotopic (exact) mass is 410 g/mol. The summed E-state index contributed by atoms with van der Waals surface area (Å²) in [7, 11) is 1.60. The van der Waals surface area contributed by atoms with E-state index in [0.717, 1.165) is 25.9 Å². The van der Waals surface area contributed by atoms with Gasteiger partial charge in [0.25, 0.3) is 11.8 Å². The van der Waals surface area contributed by atoms with Crippen molar-refractivity contribution in [2.24, 2.45) is 5.92 Å². The second-order valence-corrected chi connectivity index (χ2v) is 7.98. The molecular formula is C23H23ClN2O3. The van der Waals surface area contributed by atoms with Gasteiger partial charge in [-0.3, -0.25) is 9.59 Å². The van der Waals surface area contributed by atoms with Gasteiger partial charge in [-0.15, -0.1) is 0 Å². The molecule has 2 heterocycles. The fraction of sp³-hybridized carbons (Fsp3) is 0.304. The second-order valence-electron chi connectivity index (χ2n) is 7.54. The number of piperidine rings is 1. The molecule has 2 aliphatic rings. The van der Waals surface area contributed by atoms with E-state index in [4.69, 9.17) is 16.3 Å². The Morgan fingerprint density at radius 1 is 0.931 bits per heavy atom. The number of carbonyl (C=O) groups is 2. The molecule has 4 rings (SSSR count). The number of amides is 2. The van der Waals surface area contributed by atoms with E-state index in [-0.39, 0.29) is 11.8 Å². The summed E-state index contributed by atoms with van der Waals surface area (Å²) in [6, 6.07) is 14.0. The summed E-state index contributed by atoms with van der Waals surface area (Å²) >= 11 is 5.99. The maximum Gasteiger partial charge on any atom is 0.282 e. The zero-order valence-electron chi connectivity index (χ0n) is 16.5. The average molecular weight is 411 g/mol. The van der Waals surface area contributed by atoms with Gasteiger partial charge < -0.3 is 9.64 Å². The van der Waals surface area contributed by atoms with Gasteiger partial charge in [0.15, 0.2) is 0 Å². The van der Waals surface area contributed by atoms with Crippen molar-refractivity contribution in [1.82, 2.24) is 4.90 Å². The van der Waals surface area contributed by atoms with Gasteiger partial charge in [-0.25, -0.2) is 4.90 Å². The third-order valence-electron chi connectivity index (χ3n) is 5.62. The molecule has 1 saturated heterocycles. The predicted molar refractivity (Wildman–Crippen MR) is 114 cm³/mol. The van der Waals surface area contributed by atoms with Crippen LogP contribution in [0.1, 0.15) is 25.3 Å². The van der Waals surface area contributed by atoms with Crippen LogP contribution in [0.25, 0.3) is 5.57 Å². The largest absolute Gasteiger partial charge is 0.497 e. The van der Waals surface area contributed by atoms with Gasteiger partial charge in [0.1, 0.15) is 11.4 Å². The number of ether oxygens (including phenoxy) is 1. The fourth-order valence-corrected chi connectivity index (χ4v) is 4.01. The standard InChI is InChI=1S/C23H23ClN2O3/c1-15-11-13-25(14-12-15)21-20(16-3-9-19(29-2)10-4-16)22(27)26(23(21)28)18-7-5-17(24)6-8-18/h3-10,15H,11-14H2,1-2H3. The van der Waals surface area contributed by atoms with Crippen LogP contribution in [-0.2, 0) is 9.59 Å². The minimum absolute atomic E-state index is 0.280. The van der Waals surface area contributed by atoms with Gasteiger partial charge in [-0.2, -0.15) is 0 Å². The highest BCUT2D eigenvalue weighted by Crippen LogP contribution is 2.37. The van der Waals surface area contributed by atoms with E-state index < -0.39 is 0 Å². The van der Waals surface area contributed by atoms with Crippen molar-refractivity contribution in [3.8, 4) is 5.75 Å². The first-order valence-electron chi connectivity index (χ1n) is 9.77. The third kappa shape index (κ3) is 3.62. The van der Waals surface area contributed by atoms with E-state index in [1.807, 2.05) is 12.1 Å². The zero-order valence-corrected chi connectivity index (χ0v) is 17.3. The fourth-order valence-electron chi connectivity index (χ4n) is 3.89. The van der Waals surface area contributed by atoms with E-state index >= 15 is 0 Å². The second kappa shape index (κ2) is 7.91. The van der Waals surface area contributed by atoms with Crippen molar-refractivity contribution < 1.29 is 14.3 Å². The van der Waals surface area contributed by atoms with Gasteiger partial charge >= 0.3 is 0 Å². The molecule has 0 unspecified atom stereocenters. The quantitative estimate of drug-likeness (QED) is 0.702. The molecule has 2 amide bonds. The molecule has 0 spiro atoms. The number of nitrogens with zero attached hydrogens (tertiary/aromatic N) is 2. The zero-order chi connectivity index (χ0) is 20.5. The number of anilines is 1. The summed E-state index contributed by atoms with van der Waals surface area (Å²) in [5, 5.41) is 0.557. The molecule has 0 atom stereocenters. The maximum absolute atomic E-state index is 13.4. The minimum atomic E-state index is -0.309. The Kier molecular flexibility index (Phi) is 5.33. The van der Waals surface area contributed by atoms with Crippen LogP contribution in [0.3, 0.4) is 0 Å². The number of benzene rings is 2. The van der Waals surface area contributed by atoms with Crippen molar-refractivity contribution in [1.29, 1.82) is 0 Å². The van der Waals surface area contributed by atoms with Crippen LogP contribution < -0.4 is 9.64 Å². The highest BCUT2D eigenvalue weighted by atomic mass is 35.5. The number of hydrogen-bond donors (Lipinski definition) is 0. The number of rotatable bonds is 4. The van der Waals surface area contributed by atoms with E-state index in [1.165, 1.54) is 4.90 Å². The van der Waals surface area contributed by atoms with Gasteiger partial charge in [0.2, 0.25) is 0 Å². The molecule has 29 heavy (non-hydrogen) atoms. The summed E-state index contributed by atoms with van der Waals surface area (Å²) in [6.45, 7) is 3.75. The van der Waals surface area contributed by atoms with Crippen LogP contribution in [-0.4, -0.2) is 36.9 Å². The maximum atomic E-state index is 13.4. The number of imide groups is 1. The summed E-state index contributed by atoms with van der Waals surface area (Å²) in [4.78, 5) is 30.2. The van der Waals surface area contributed by atoms with Crippen LogP contribution in [0.2, 0.25) is 5.02 Å². The summed E-state index contributed by atoms with van der Waals surface area (Å²) in [6.07, 6.45) is 2.00. The lowest BCUT2D eigenvalue weighted by atomic mass is 9.97. The molecule has 0 aliphatic carbocycles. The van der Waals surface area contributed by atoms with Gasteiger partial charge in [-0.1, -0.05) is 30.7 Å². The molecular weight excluding hydrogens is 388 g/mol. The van der Waals surface area contributed by atoms with Crippen LogP contribution in [0.5, 0.6) is 5.75 Å². The smallest absolute Gasteiger partial charge is 0.282 e. The van der Waals surface area contributed by atoms with Crippen LogP contribution in [0.4, 0.5) is 5.69 Å². The molecule has 150 valence electrons. The molecule has 2 aromatic carbocycles. The first-order valence-corrected chi connectivity index (χ1v) is 10.2. The molecule has 6 heteroatoms. The highest BCUT2D eigenvalue weighted by molar-refractivity contribution is 6.45. The van der Waals surface area contributed by atoms with Crippen molar-refractivity contribution in [2.75, 3.05) is 25.1 Å². The van der Waals surface area contributed by atoms with E-state index in [0.29, 0.717) is 39.2 Å². The Morgan fingerprint density at radius 3 is 2.14 bits per heavy atom. The van der Waals surface area contributed by atoms with Crippen molar-refractivity contribution in [3.05, 3.63) is 64.8 Å². The van der Waals surface area contributed by atoms with E-state index in [1.54, 1.807) is 43.5 Å².